The molecule has 0 saturated heterocycles. The van der Waals surface area contributed by atoms with Gasteiger partial charge in [-0.15, -0.1) is 0 Å². The fourth-order valence-corrected chi connectivity index (χ4v) is 1.84. The summed E-state index contributed by atoms with van der Waals surface area (Å²) >= 11 is 0. The lowest BCUT2D eigenvalue weighted by Crippen LogP contribution is -2.44. The van der Waals surface area contributed by atoms with Gasteiger partial charge in [-0.05, 0) is 34.1 Å². The third-order valence-electron chi connectivity index (χ3n) is 2.80. The van der Waals surface area contributed by atoms with E-state index in [0.717, 1.165) is 32.5 Å². The van der Waals surface area contributed by atoms with Gasteiger partial charge in [0.05, 0.1) is 0 Å². The maximum absolute atomic E-state index is 5.77. The molecule has 0 aromatic carbocycles. The van der Waals surface area contributed by atoms with E-state index in [1.165, 1.54) is 0 Å². The minimum Gasteiger partial charge on any atom is -0.370 e. The lowest BCUT2D eigenvalue weighted by molar-refractivity contribution is 0.178. The number of guanidine groups is 1. The number of nitrogens with one attached hydrogen (secondary N) is 1. The van der Waals surface area contributed by atoms with E-state index in [9.17, 15) is 0 Å². The summed E-state index contributed by atoms with van der Waals surface area (Å²) in [6.07, 6.45) is 2.26. The van der Waals surface area contributed by atoms with E-state index in [-0.39, 0.29) is 0 Å². The minimum atomic E-state index is 0.565. The van der Waals surface area contributed by atoms with Crippen molar-refractivity contribution in [1.82, 2.24) is 10.2 Å². The highest BCUT2D eigenvalue weighted by atomic mass is 15.2. The van der Waals surface area contributed by atoms with Crippen LogP contribution < -0.4 is 11.1 Å². The Morgan fingerprint density at radius 3 is 2.29 bits per heavy atom. The van der Waals surface area contributed by atoms with E-state index in [1.54, 1.807) is 0 Å². The second kappa shape index (κ2) is 9.28. The van der Waals surface area contributed by atoms with Crippen LogP contribution in [0.25, 0.3) is 0 Å². The van der Waals surface area contributed by atoms with E-state index in [2.05, 4.69) is 49.8 Å². The topological polar surface area (TPSA) is 53.6 Å². The average Bonchev–Trinajstić information content (AvgIpc) is 2.23. The quantitative estimate of drug-likeness (QED) is 0.388. The van der Waals surface area contributed by atoms with Crippen LogP contribution >= 0.6 is 0 Å². The van der Waals surface area contributed by atoms with E-state index in [1.807, 2.05) is 0 Å². The Morgan fingerprint density at radius 2 is 1.82 bits per heavy atom. The molecule has 3 N–H and O–H groups in total. The second-order valence-electron chi connectivity index (χ2n) is 4.97. The third-order valence-corrected chi connectivity index (χ3v) is 2.80. The Bertz CT molecular complexity index is 203. The van der Waals surface area contributed by atoms with Crippen molar-refractivity contribution < 1.29 is 0 Å². The van der Waals surface area contributed by atoms with Crippen molar-refractivity contribution in [2.45, 2.75) is 59.5 Å². The molecule has 0 unspecified atom stereocenters. The smallest absolute Gasteiger partial charge is 0.188 e. The summed E-state index contributed by atoms with van der Waals surface area (Å²) < 4.78 is 0. The maximum atomic E-state index is 5.77. The van der Waals surface area contributed by atoms with Crippen LogP contribution in [-0.2, 0) is 0 Å². The van der Waals surface area contributed by atoms with Crippen molar-refractivity contribution in [3.05, 3.63) is 0 Å². The summed E-state index contributed by atoms with van der Waals surface area (Å²) in [5, 5.41) is 3.17. The van der Waals surface area contributed by atoms with Gasteiger partial charge in [0.15, 0.2) is 5.96 Å². The van der Waals surface area contributed by atoms with Crippen LogP contribution in [0.3, 0.4) is 0 Å². The van der Waals surface area contributed by atoms with Crippen LogP contribution in [-0.4, -0.2) is 42.6 Å². The SMILES string of the molecule is CCCCN=C(N)NCCN(C(C)C)C(C)C. The van der Waals surface area contributed by atoms with Crippen molar-refractivity contribution >= 4 is 5.96 Å². The highest BCUT2D eigenvalue weighted by Gasteiger charge is 2.12. The molecule has 4 nitrogen and oxygen atoms in total. The molecule has 0 aromatic rings. The number of rotatable bonds is 8. The molecule has 0 aromatic heterocycles. The molecule has 17 heavy (non-hydrogen) atoms. The maximum Gasteiger partial charge on any atom is 0.188 e. The summed E-state index contributed by atoms with van der Waals surface area (Å²) in [5.74, 6) is 0.575. The second-order valence-corrected chi connectivity index (χ2v) is 4.97. The zero-order chi connectivity index (χ0) is 13.3. The molecule has 0 aliphatic heterocycles. The van der Waals surface area contributed by atoms with Gasteiger partial charge in [-0.2, -0.15) is 0 Å². The first-order valence-corrected chi connectivity index (χ1v) is 6.78. The molecule has 0 amide bonds. The van der Waals surface area contributed by atoms with E-state index >= 15 is 0 Å². The first-order valence-electron chi connectivity index (χ1n) is 6.78. The minimum absolute atomic E-state index is 0.565. The van der Waals surface area contributed by atoms with Crippen molar-refractivity contribution in [3.8, 4) is 0 Å². The monoisotopic (exact) mass is 242 g/mol. The molecule has 0 rings (SSSR count). The fourth-order valence-electron chi connectivity index (χ4n) is 1.84. The lowest BCUT2D eigenvalue weighted by Gasteiger charge is -2.30. The van der Waals surface area contributed by atoms with Crippen molar-refractivity contribution in [2.24, 2.45) is 10.7 Å². The van der Waals surface area contributed by atoms with Crippen LogP contribution in [0.5, 0.6) is 0 Å². The number of nitrogens with zero attached hydrogens (tertiary/aromatic N) is 2. The van der Waals surface area contributed by atoms with Crippen molar-refractivity contribution in [1.29, 1.82) is 0 Å². The van der Waals surface area contributed by atoms with Crippen LogP contribution in [0.15, 0.2) is 4.99 Å². The Labute approximate surface area is 107 Å². The van der Waals surface area contributed by atoms with Gasteiger partial charge in [0.2, 0.25) is 0 Å². The van der Waals surface area contributed by atoms with Crippen LogP contribution in [0.4, 0.5) is 0 Å². The van der Waals surface area contributed by atoms with Crippen LogP contribution in [0.1, 0.15) is 47.5 Å². The zero-order valence-corrected chi connectivity index (χ0v) is 12.2. The average molecular weight is 242 g/mol. The molecule has 0 aliphatic carbocycles. The predicted octanol–water partition coefficient (Wildman–Crippen LogP) is 1.81. The van der Waals surface area contributed by atoms with Crippen molar-refractivity contribution in [2.75, 3.05) is 19.6 Å². The molecule has 0 atom stereocenters. The summed E-state index contributed by atoms with van der Waals surface area (Å²) in [6.45, 7) is 13.7. The normalized spacial score (nSPS) is 12.8. The fraction of sp³-hybridized carbons (Fsp3) is 0.923. The van der Waals surface area contributed by atoms with E-state index in [0.29, 0.717) is 18.0 Å². The molecular formula is C13H30N4. The van der Waals surface area contributed by atoms with Gasteiger partial charge in [-0.25, -0.2) is 0 Å². The summed E-state index contributed by atoms with van der Waals surface area (Å²) in [5.41, 5.74) is 5.77. The Balaban J connectivity index is 3.84. The molecule has 0 spiro atoms. The third kappa shape index (κ3) is 8.02. The summed E-state index contributed by atoms with van der Waals surface area (Å²) in [6, 6.07) is 1.13. The standard InChI is InChI=1S/C13H30N4/c1-6-7-8-15-13(14)16-9-10-17(11(2)3)12(4)5/h11-12H,6-10H2,1-5H3,(H3,14,15,16). The number of hydrogen-bond acceptors (Lipinski definition) is 2. The van der Waals surface area contributed by atoms with Gasteiger partial charge in [0, 0.05) is 31.7 Å². The first-order chi connectivity index (χ1) is 7.99. The highest BCUT2D eigenvalue weighted by molar-refractivity contribution is 5.77. The molecule has 0 radical (unpaired) electrons. The highest BCUT2D eigenvalue weighted by Crippen LogP contribution is 2.02. The molecule has 0 heterocycles. The van der Waals surface area contributed by atoms with Crippen molar-refractivity contribution in [3.63, 3.8) is 0 Å². The summed E-state index contributed by atoms with van der Waals surface area (Å²) in [4.78, 5) is 6.70. The lowest BCUT2D eigenvalue weighted by atomic mass is 10.2. The Morgan fingerprint density at radius 1 is 1.24 bits per heavy atom. The van der Waals surface area contributed by atoms with Crippen LogP contribution in [0, 0.1) is 0 Å². The largest absolute Gasteiger partial charge is 0.370 e. The molecule has 0 aliphatic rings. The zero-order valence-electron chi connectivity index (χ0n) is 12.2. The number of aliphatic imine (C=N–C) groups is 1. The Hall–Kier alpha value is -0.770. The number of unbranched alkanes of at least 4 members (excludes halogenated alkanes) is 1. The Kier molecular flexibility index (Phi) is 8.86. The number of hydrogen-bond donors (Lipinski definition) is 2. The van der Waals surface area contributed by atoms with Gasteiger partial charge >= 0.3 is 0 Å². The molecule has 4 heteroatoms. The molecule has 0 bridgehead atoms. The summed E-state index contributed by atoms with van der Waals surface area (Å²) in [7, 11) is 0. The molecule has 102 valence electrons. The van der Waals surface area contributed by atoms with Gasteiger partial charge in [0.1, 0.15) is 0 Å². The van der Waals surface area contributed by atoms with Gasteiger partial charge in [-0.3, -0.25) is 9.89 Å². The van der Waals surface area contributed by atoms with Gasteiger partial charge < -0.3 is 11.1 Å². The van der Waals surface area contributed by atoms with Crippen LogP contribution in [0.2, 0.25) is 0 Å². The molecular weight excluding hydrogens is 212 g/mol. The van der Waals surface area contributed by atoms with Gasteiger partial charge in [0.25, 0.3) is 0 Å². The molecule has 0 fully saturated rings. The van der Waals surface area contributed by atoms with E-state index in [4.69, 9.17) is 5.73 Å². The van der Waals surface area contributed by atoms with Gasteiger partial charge in [-0.1, -0.05) is 13.3 Å². The first kappa shape index (κ1) is 16.2. The number of nitrogens with two attached hydrogens (primary N) is 1. The van der Waals surface area contributed by atoms with E-state index < -0.39 is 0 Å². The molecule has 0 saturated carbocycles. The predicted molar refractivity (Wildman–Crippen MR) is 76.4 cm³/mol.